The van der Waals surface area contributed by atoms with Gasteiger partial charge in [0.15, 0.2) is 0 Å². The monoisotopic (exact) mass is 368 g/mol. The van der Waals surface area contributed by atoms with E-state index in [1.807, 2.05) is 24.3 Å². The van der Waals surface area contributed by atoms with E-state index in [2.05, 4.69) is 20.6 Å². The number of para-hydroxylation sites is 2. The molecule has 6 nitrogen and oxygen atoms in total. The zero-order chi connectivity index (χ0) is 18.5. The van der Waals surface area contributed by atoms with Gasteiger partial charge in [0.05, 0.1) is 12.8 Å². The van der Waals surface area contributed by atoms with Crippen LogP contribution < -0.4 is 15.4 Å². The summed E-state index contributed by atoms with van der Waals surface area (Å²) in [5.74, 6) is 0.620. The number of rotatable bonds is 5. The van der Waals surface area contributed by atoms with E-state index in [9.17, 15) is 4.79 Å². The number of nitrogens with one attached hydrogen (secondary N) is 2. The fourth-order valence-electron chi connectivity index (χ4n) is 2.37. The van der Waals surface area contributed by atoms with Gasteiger partial charge in [-0.1, -0.05) is 29.8 Å². The molecule has 0 aliphatic rings. The molecular formula is C19H17ClN4O2. The zero-order valence-corrected chi connectivity index (χ0v) is 15.0. The summed E-state index contributed by atoms with van der Waals surface area (Å²) < 4.78 is 5.31. The first kappa shape index (κ1) is 17.7. The number of methoxy groups -OCH3 is 1. The van der Waals surface area contributed by atoms with Crippen molar-refractivity contribution < 1.29 is 9.53 Å². The Balaban J connectivity index is 1.84. The molecule has 0 aliphatic heterocycles. The molecule has 0 radical (unpaired) electrons. The number of nitrogens with zero attached hydrogens (tertiary/aromatic N) is 2. The molecule has 0 spiro atoms. The van der Waals surface area contributed by atoms with Crippen molar-refractivity contribution in [2.45, 2.75) is 6.92 Å². The summed E-state index contributed by atoms with van der Waals surface area (Å²) in [6.45, 7) is 1.80. The average molecular weight is 369 g/mol. The fourth-order valence-corrected chi connectivity index (χ4v) is 2.56. The van der Waals surface area contributed by atoms with Crippen LogP contribution in [-0.2, 0) is 0 Å². The van der Waals surface area contributed by atoms with Crippen LogP contribution >= 0.6 is 11.6 Å². The molecule has 2 N–H and O–H groups in total. The first-order chi connectivity index (χ1) is 12.5. The van der Waals surface area contributed by atoms with E-state index in [1.165, 1.54) is 0 Å². The van der Waals surface area contributed by atoms with Crippen LogP contribution in [0.1, 0.15) is 16.2 Å². The predicted molar refractivity (Wildman–Crippen MR) is 102 cm³/mol. The minimum Gasteiger partial charge on any atom is -0.495 e. The lowest BCUT2D eigenvalue weighted by Gasteiger charge is -2.11. The number of benzene rings is 2. The zero-order valence-electron chi connectivity index (χ0n) is 14.3. The number of halogens is 1. The number of carbonyl (C=O) groups is 1. The third-order valence-corrected chi connectivity index (χ3v) is 3.76. The lowest BCUT2D eigenvalue weighted by molar-refractivity contribution is 0.102. The SMILES string of the molecule is COc1ccccc1Nc1nc(C)cc(C(=O)Nc2cccc(Cl)c2)n1. The lowest BCUT2D eigenvalue weighted by atomic mass is 10.2. The van der Waals surface area contributed by atoms with Crippen LogP contribution in [0, 0.1) is 6.92 Å². The minimum atomic E-state index is -0.346. The molecule has 3 rings (SSSR count). The Bertz CT molecular complexity index is 946. The smallest absolute Gasteiger partial charge is 0.274 e. The van der Waals surface area contributed by atoms with Crippen molar-refractivity contribution >= 4 is 34.8 Å². The van der Waals surface area contributed by atoms with Crippen molar-refractivity contribution in [3.05, 3.63) is 71.0 Å². The molecule has 0 saturated carbocycles. The Hall–Kier alpha value is -3.12. The highest BCUT2D eigenvalue weighted by atomic mass is 35.5. The fraction of sp³-hybridized carbons (Fsp3) is 0.105. The standard InChI is InChI=1S/C19H17ClN4O2/c1-12-10-16(18(25)22-14-7-5-6-13(20)11-14)24-19(21-12)23-15-8-3-4-9-17(15)26-2/h3-11H,1-2H3,(H,22,25)(H,21,23,24). The van der Waals surface area contributed by atoms with Gasteiger partial charge in [0.25, 0.3) is 5.91 Å². The first-order valence-electron chi connectivity index (χ1n) is 7.88. The van der Waals surface area contributed by atoms with E-state index in [4.69, 9.17) is 16.3 Å². The van der Waals surface area contributed by atoms with E-state index >= 15 is 0 Å². The minimum absolute atomic E-state index is 0.245. The Morgan fingerprint density at radius 3 is 2.65 bits per heavy atom. The van der Waals surface area contributed by atoms with Gasteiger partial charge in [0.1, 0.15) is 11.4 Å². The number of aryl methyl sites for hydroxylation is 1. The maximum Gasteiger partial charge on any atom is 0.274 e. The Kier molecular flexibility index (Phi) is 5.34. The average Bonchev–Trinajstić information content (AvgIpc) is 2.61. The second-order valence-corrected chi connectivity index (χ2v) is 5.94. The second-order valence-electron chi connectivity index (χ2n) is 5.51. The van der Waals surface area contributed by atoms with Gasteiger partial charge in [-0.3, -0.25) is 4.79 Å². The maximum atomic E-state index is 12.5. The van der Waals surface area contributed by atoms with Crippen LogP contribution in [0.25, 0.3) is 0 Å². The van der Waals surface area contributed by atoms with Gasteiger partial charge < -0.3 is 15.4 Å². The van der Waals surface area contributed by atoms with Gasteiger partial charge in [0, 0.05) is 16.4 Å². The van der Waals surface area contributed by atoms with Crippen LogP contribution in [0.15, 0.2) is 54.6 Å². The molecule has 132 valence electrons. The molecule has 0 atom stereocenters. The molecule has 26 heavy (non-hydrogen) atoms. The number of ether oxygens (including phenoxy) is 1. The summed E-state index contributed by atoms with van der Waals surface area (Å²) in [5, 5.41) is 6.40. The summed E-state index contributed by atoms with van der Waals surface area (Å²) in [5.41, 5.74) is 2.21. The summed E-state index contributed by atoms with van der Waals surface area (Å²) in [6, 6.07) is 15.9. The van der Waals surface area contributed by atoms with E-state index in [0.717, 1.165) is 0 Å². The van der Waals surface area contributed by atoms with Gasteiger partial charge >= 0.3 is 0 Å². The summed E-state index contributed by atoms with van der Waals surface area (Å²) >= 11 is 5.94. The van der Waals surface area contributed by atoms with Crippen molar-refractivity contribution in [2.24, 2.45) is 0 Å². The quantitative estimate of drug-likeness (QED) is 0.696. The molecular weight excluding hydrogens is 352 g/mol. The summed E-state index contributed by atoms with van der Waals surface area (Å²) in [6.07, 6.45) is 0. The lowest BCUT2D eigenvalue weighted by Crippen LogP contribution is -2.15. The number of aromatic nitrogens is 2. The van der Waals surface area contributed by atoms with Crippen molar-refractivity contribution in [1.29, 1.82) is 0 Å². The van der Waals surface area contributed by atoms with Crippen molar-refractivity contribution in [1.82, 2.24) is 9.97 Å². The highest BCUT2D eigenvalue weighted by molar-refractivity contribution is 6.30. The number of amides is 1. The van der Waals surface area contributed by atoms with Gasteiger partial charge in [-0.2, -0.15) is 0 Å². The third-order valence-electron chi connectivity index (χ3n) is 3.52. The topological polar surface area (TPSA) is 76.1 Å². The highest BCUT2D eigenvalue weighted by Gasteiger charge is 2.12. The number of hydrogen-bond acceptors (Lipinski definition) is 5. The molecule has 0 fully saturated rings. The van der Waals surface area contributed by atoms with Crippen LogP contribution in [-0.4, -0.2) is 23.0 Å². The Morgan fingerprint density at radius 1 is 1.08 bits per heavy atom. The summed E-state index contributed by atoms with van der Waals surface area (Å²) in [4.78, 5) is 21.1. The number of carbonyl (C=O) groups excluding carboxylic acids is 1. The van der Waals surface area contributed by atoms with E-state index in [1.54, 1.807) is 44.4 Å². The third kappa shape index (κ3) is 4.29. The van der Waals surface area contributed by atoms with Crippen molar-refractivity contribution in [3.63, 3.8) is 0 Å². The van der Waals surface area contributed by atoms with E-state index in [0.29, 0.717) is 33.8 Å². The van der Waals surface area contributed by atoms with Crippen LogP contribution in [0.2, 0.25) is 5.02 Å². The molecule has 0 bridgehead atoms. The molecule has 3 aromatic rings. The summed E-state index contributed by atoms with van der Waals surface area (Å²) in [7, 11) is 1.58. The molecule has 2 aromatic carbocycles. The molecule has 7 heteroatoms. The molecule has 1 heterocycles. The number of anilines is 3. The van der Waals surface area contributed by atoms with Crippen molar-refractivity contribution in [2.75, 3.05) is 17.7 Å². The van der Waals surface area contributed by atoms with E-state index in [-0.39, 0.29) is 11.6 Å². The van der Waals surface area contributed by atoms with E-state index < -0.39 is 0 Å². The maximum absolute atomic E-state index is 12.5. The van der Waals surface area contributed by atoms with Gasteiger partial charge in [-0.25, -0.2) is 9.97 Å². The second kappa shape index (κ2) is 7.84. The molecule has 0 unspecified atom stereocenters. The molecule has 1 aromatic heterocycles. The van der Waals surface area contributed by atoms with Gasteiger partial charge in [-0.05, 0) is 43.3 Å². The molecule has 0 aliphatic carbocycles. The normalized spacial score (nSPS) is 10.3. The van der Waals surface area contributed by atoms with Crippen LogP contribution in [0.5, 0.6) is 5.75 Å². The van der Waals surface area contributed by atoms with Crippen LogP contribution in [0.3, 0.4) is 0 Å². The largest absolute Gasteiger partial charge is 0.495 e. The Morgan fingerprint density at radius 2 is 1.88 bits per heavy atom. The van der Waals surface area contributed by atoms with Crippen molar-refractivity contribution in [3.8, 4) is 5.75 Å². The molecule has 1 amide bonds. The first-order valence-corrected chi connectivity index (χ1v) is 8.25. The molecule has 0 saturated heterocycles. The number of hydrogen-bond donors (Lipinski definition) is 2. The predicted octanol–water partition coefficient (Wildman–Crippen LogP) is 4.44. The van der Waals surface area contributed by atoms with Gasteiger partial charge in [-0.15, -0.1) is 0 Å². The van der Waals surface area contributed by atoms with Gasteiger partial charge in [0.2, 0.25) is 5.95 Å². The highest BCUT2D eigenvalue weighted by Crippen LogP contribution is 2.25. The Labute approximate surface area is 156 Å². The van der Waals surface area contributed by atoms with Crippen LogP contribution in [0.4, 0.5) is 17.3 Å².